The SMILES string of the molecule is Cc1ccccc1C(=O)ON(Oc1ccccc1)C(=O)c1ccc(N(C)C)cc1. The molecule has 3 aromatic rings. The number of hydrogen-bond acceptors (Lipinski definition) is 5. The van der Waals surface area contributed by atoms with Crippen molar-refractivity contribution in [3.8, 4) is 5.75 Å². The molecule has 0 spiro atoms. The molecule has 0 fully saturated rings. The normalized spacial score (nSPS) is 10.2. The maximum absolute atomic E-state index is 13.0. The summed E-state index contributed by atoms with van der Waals surface area (Å²) in [6.07, 6.45) is 0. The Balaban J connectivity index is 1.87. The first-order valence-corrected chi connectivity index (χ1v) is 9.08. The van der Waals surface area contributed by atoms with Crippen LogP contribution in [0.5, 0.6) is 5.75 Å². The molecule has 0 aliphatic rings. The molecule has 0 heterocycles. The number of nitrogens with zero attached hydrogens (tertiary/aromatic N) is 2. The van der Waals surface area contributed by atoms with Gasteiger partial charge in [-0.05, 0) is 55.0 Å². The summed E-state index contributed by atoms with van der Waals surface area (Å²) >= 11 is 0. The smallest absolute Gasteiger partial charge is 0.367 e. The van der Waals surface area contributed by atoms with Crippen LogP contribution in [0.25, 0.3) is 0 Å². The van der Waals surface area contributed by atoms with Gasteiger partial charge in [0.1, 0.15) is 0 Å². The third-order valence-corrected chi connectivity index (χ3v) is 4.26. The second kappa shape index (κ2) is 8.93. The van der Waals surface area contributed by atoms with Crippen LogP contribution in [0, 0.1) is 6.92 Å². The Labute approximate surface area is 169 Å². The van der Waals surface area contributed by atoms with E-state index in [1.54, 1.807) is 73.7 Å². The average molecular weight is 390 g/mol. The molecule has 6 heteroatoms. The summed E-state index contributed by atoms with van der Waals surface area (Å²) in [5, 5.41) is 0.620. The van der Waals surface area contributed by atoms with Crippen LogP contribution in [0.2, 0.25) is 0 Å². The molecule has 148 valence electrons. The summed E-state index contributed by atoms with van der Waals surface area (Å²) in [6.45, 7) is 1.79. The van der Waals surface area contributed by atoms with E-state index in [9.17, 15) is 9.59 Å². The summed E-state index contributed by atoms with van der Waals surface area (Å²) in [7, 11) is 3.82. The van der Waals surface area contributed by atoms with Gasteiger partial charge in [0.25, 0.3) is 0 Å². The number of hydrogen-bond donors (Lipinski definition) is 0. The molecule has 0 aliphatic heterocycles. The summed E-state index contributed by atoms with van der Waals surface area (Å²) in [5.74, 6) is -0.915. The van der Waals surface area contributed by atoms with Gasteiger partial charge in [0.2, 0.25) is 0 Å². The van der Waals surface area contributed by atoms with Gasteiger partial charge >= 0.3 is 11.9 Å². The van der Waals surface area contributed by atoms with Crippen molar-refractivity contribution in [2.75, 3.05) is 19.0 Å². The Morgan fingerprint density at radius 3 is 2.03 bits per heavy atom. The van der Waals surface area contributed by atoms with Crippen LogP contribution in [0.15, 0.2) is 78.9 Å². The van der Waals surface area contributed by atoms with Crippen LogP contribution in [0.1, 0.15) is 26.3 Å². The predicted molar refractivity (Wildman–Crippen MR) is 111 cm³/mol. The van der Waals surface area contributed by atoms with Crippen molar-refractivity contribution in [3.05, 3.63) is 95.6 Å². The lowest BCUT2D eigenvalue weighted by Gasteiger charge is -2.21. The number of hydroxylamine groups is 2. The fourth-order valence-electron chi connectivity index (χ4n) is 2.61. The van der Waals surface area contributed by atoms with Crippen LogP contribution < -0.4 is 9.74 Å². The van der Waals surface area contributed by atoms with Gasteiger partial charge in [-0.1, -0.05) is 36.4 Å². The molecule has 1 amide bonds. The molecular formula is C23H22N2O4. The molecule has 0 atom stereocenters. The maximum Gasteiger partial charge on any atom is 0.367 e. The molecule has 3 aromatic carbocycles. The molecule has 0 unspecified atom stereocenters. The van der Waals surface area contributed by atoms with Crippen molar-refractivity contribution in [2.24, 2.45) is 0 Å². The minimum atomic E-state index is -0.683. The van der Waals surface area contributed by atoms with Gasteiger partial charge in [-0.25, -0.2) is 4.79 Å². The van der Waals surface area contributed by atoms with Crippen molar-refractivity contribution in [3.63, 3.8) is 0 Å². The molecule has 29 heavy (non-hydrogen) atoms. The molecule has 0 radical (unpaired) electrons. The van der Waals surface area contributed by atoms with Gasteiger partial charge in [-0.2, -0.15) is 0 Å². The number of carbonyl (C=O) groups is 2. The van der Waals surface area contributed by atoms with Gasteiger partial charge in [0.15, 0.2) is 5.75 Å². The van der Waals surface area contributed by atoms with E-state index in [-0.39, 0.29) is 0 Å². The van der Waals surface area contributed by atoms with E-state index >= 15 is 0 Å². The minimum Gasteiger partial charge on any atom is -0.378 e. The lowest BCUT2D eigenvalue weighted by atomic mass is 10.1. The van der Waals surface area contributed by atoms with E-state index in [4.69, 9.17) is 9.68 Å². The van der Waals surface area contributed by atoms with E-state index in [1.165, 1.54) is 0 Å². The van der Waals surface area contributed by atoms with E-state index < -0.39 is 11.9 Å². The first-order valence-electron chi connectivity index (χ1n) is 9.08. The largest absolute Gasteiger partial charge is 0.378 e. The molecule has 0 aliphatic carbocycles. The monoisotopic (exact) mass is 390 g/mol. The fraction of sp³-hybridized carbons (Fsp3) is 0.130. The van der Waals surface area contributed by atoms with Crippen molar-refractivity contribution >= 4 is 17.6 Å². The van der Waals surface area contributed by atoms with Gasteiger partial charge in [0.05, 0.1) is 5.56 Å². The Morgan fingerprint density at radius 1 is 0.793 bits per heavy atom. The van der Waals surface area contributed by atoms with E-state index in [0.717, 1.165) is 11.3 Å². The molecular weight excluding hydrogens is 368 g/mol. The number of amides is 1. The zero-order valence-corrected chi connectivity index (χ0v) is 16.5. The molecule has 0 bridgehead atoms. The van der Waals surface area contributed by atoms with Crippen molar-refractivity contribution < 1.29 is 19.3 Å². The number of carbonyl (C=O) groups excluding carboxylic acids is 2. The highest BCUT2D eigenvalue weighted by Gasteiger charge is 2.25. The Hall–Kier alpha value is -3.80. The first kappa shape index (κ1) is 19.9. The topological polar surface area (TPSA) is 59.1 Å². The number of anilines is 1. The van der Waals surface area contributed by atoms with E-state index in [0.29, 0.717) is 22.1 Å². The number of rotatable bonds is 5. The molecule has 0 aromatic heterocycles. The fourth-order valence-corrected chi connectivity index (χ4v) is 2.61. The second-order valence-corrected chi connectivity index (χ2v) is 6.60. The van der Waals surface area contributed by atoms with Crippen molar-refractivity contribution in [1.82, 2.24) is 5.23 Å². The first-order chi connectivity index (χ1) is 14.0. The number of benzene rings is 3. The lowest BCUT2D eigenvalue weighted by Crippen LogP contribution is -2.36. The summed E-state index contributed by atoms with van der Waals surface area (Å²) in [6, 6.07) is 22.5. The Morgan fingerprint density at radius 2 is 1.41 bits per heavy atom. The average Bonchev–Trinajstić information content (AvgIpc) is 2.74. The Bertz CT molecular complexity index is 985. The second-order valence-electron chi connectivity index (χ2n) is 6.60. The zero-order valence-electron chi connectivity index (χ0n) is 16.5. The van der Waals surface area contributed by atoms with E-state index in [1.807, 2.05) is 31.1 Å². The van der Waals surface area contributed by atoms with Crippen LogP contribution in [0.3, 0.4) is 0 Å². The van der Waals surface area contributed by atoms with E-state index in [2.05, 4.69) is 0 Å². The van der Waals surface area contributed by atoms with Gasteiger partial charge in [-0.15, -0.1) is 0 Å². The summed E-state index contributed by atoms with van der Waals surface area (Å²) in [5.41, 5.74) is 2.35. The summed E-state index contributed by atoms with van der Waals surface area (Å²) < 4.78 is 0. The highest BCUT2D eigenvalue weighted by Crippen LogP contribution is 2.18. The van der Waals surface area contributed by atoms with Gasteiger partial charge in [-0.3, -0.25) is 9.63 Å². The third kappa shape index (κ3) is 4.93. The van der Waals surface area contributed by atoms with Crippen LogP contribution in [-0.2, 0) is 4.84 Å². The predicted octanol–water partition coefficient (Wildman–Crippen LogP) is 4.27. The van der Waals surface area contributed by atoms with Crippen LogP contribution >= 0.6 is 0 Å². The zero-order chi connectivity index (χ0) is 20.8. The standard InChI is InChI=1S/C23H22N2O4/c1-17-9-7-8-12-21(17)23(27)29-25(28-20-10-5-4-6-11-20)22(26)18-13-15-19(16-14-18)24(2)3/h4-16H,1-3H3. The molecule has 3 rings (SSSR count). The Kier molecular flexibility index (Phi) is 6.14. The molecule has 0 N–H and O–H groups in total. The molecule has 0 saturated heterocycles. The van der Waals surface area contributed by atoms with Crippen molar-refractivity contribution in [1.29, 1.82) is 0 Å². The third-order valence-electron chi connectivity index (χ3n) is 4.26. The van der Waals surface area contributed by atoms with Crippen LogP contribution in [0.4, 0.5) is 5.69 Å². The van der Waals surface area contributed by atoms with Gasteiger partial charge < -0.3 is 9.74 Å². The maximum atomic E-state index is 13.0. The summed E-state index contributed by atoms with van der Waals surface area (Å²) in [4.78, 5) is 38.5. The van der Waals surface area contributed by atoms with Gasteiger partial charge in [0, 0.05) is 30.6 Å². The lowest BCUT2D eigenvalue weighted by molar-refractivity contribution is -0.235. The number of aryl methyl sites for hydroxylation is 1. The van der Waals surface area contributed by atoms with Crippen molar-refractivity contribution in [2.45, 2.75) is 6.92 Å². The number of para-hydroxylation sites is 1. The highest BCUT2D eigenvalue weighted by atomic mass is 17.0. The van der Waals surface area contributed by atoms with Crippen LogP contribution in [-0.4, -0.2) is 31.2 Å². The highest BCUT2D eigenvalue weighted by molar-refractivity contribution is 5.96. The quantitative estimate of drug-likeness (QED) is 0.609. The minimum absolute atomic E-state index is 0.323. The molecule has 0 saturated carbocycles. The molecule has 6 nitrogen and oxygen atoms in total.